The number of carbonyl (C=O) groups excluding carboxylic acids is 1. The molecule has 3 saturated heterocycles. The van der Waals surface area contributed by atoms with Gasteiger partial charge in [0, 0.05) is 37.3 Å². The number of rotatable bonds is 8. The summed E-state index contributed by atoms with van der Waals surface area (Å²) in [6.45, 7) is 3.46. The smallest absolute Gasteiger partial charge is 0.256 e. The van der Waals surface area contributed by atoms with E-state index in [0.29, 0.717) is 37.0 Å². The Morgan fingerprint density at radius 2 is 1.65 bits per heavy atom. The maximum atomic E-state index is 14.9. The van der Waals surface area contributed by atoms with Gasteiger partial charge in [-0.15, -0.1) is 0 Å². The Bertz CT molecular complexity index is 1960. The molecular weight excluding hydrogens is 639 g/mol. The minimum atomic E-state index is -4.25. The summed E-state index contributed by atoms with van der Waals surface area (Å²) in [6, 6.07) is 17.4. The Hall–Kier alpha value is -3.74. The first-order valence-electron chi connectivity index (χ1n) is 16.7. The van der Waals surface area contributed by atoms with E-state index in [1.54, 1.807) is 12.1 Å². The molecule has 1 N–H and O–H groups in total. The predicted octanol–water partition coefficient (Wildman–Crippen LogP) is 6.10. The molecule has 1 aromatic heterocycles. The van der Waals surface area contributed by atoms with Crippen molar-refractivity contribution in [3.8, 4) is 0 Å². The highest BCUT2D eigenvalue weighted by atomic mass is 32.2. The van der Waals surface area contributed by atoms with Gasteiger partial charge in [0.05, 0.1) is 16.6 Å². The van der Waals surface area contributed by atoms with Crippen molar-refractivity contribution in [3.63, 3.8) is 0 Å². The van der Waals surface area contributed by atoms with Crippen molar-refractivity contribution in [1.29, 1.82) is 0 Å². The van der Waals surface area contributed by atoms with Gasteiger partial charge in [0.15, 0.2) is 0 Å². The highest BCUT2D eigenvalue weighted by Gasteiger charge is 2.44. The average molecular weight is 680 g/mol. The lowest BCUT2D eigenvalue weighted by Gasteiger charge is -2.45. The van der Waals surface area contributed by atoms with Gasteiger partial charge in [0.2, 0.25) is 10.0 Å². The van der Waals surface area contributed by atoms with E-state index in [1.807, 2.05) is 16.9 Å². The number of nitrogens with one attached hydrogen (secondary N) is 1. The Morgan fingerprint density at radius 3 is 2.33 bits per heavy atom. The second kappa shape index (κ2) is 12.6. The number of likely N-dealkylation sites (tertiary alicyclic amines) is 1. The van der Waals surface area contributed by atoms with Gasteiger partial charge < -0.3 is 9.47 Å². The lowest BCUT2D eigenvalue weighted by atomic mass is 9.70. The number of para-hydroxylation sites is 2. The lowest BCUT2D eigenvalue weighted by molar-refractivity contribution is 0.0602. The molecular formula is C36H40F3N5O3S. The number of halogens is 3. The minimum absolute atomic E-state index is 0.266. The summed E-state index contributed by atoms with van der Waals surface area (Å²) in [5.41, 5.74) is 2.18. The van der Waals surface area contributed by atoms with Gasteiger partial charge in [-0.25, -0.2) is 31.3 Å². The van der Waals surface area contributed by atoms with E-state index < -0.39 is 43.4 Å². The molecule has 3 fully saturated rings. The van der Waals surface area contributed by atoms with Crippen molar-refractivity contribution in [3.05, 3.63) is 95.1 Å². The van der Waals surface area contributed by atoms with Gasteiger partial charge in [-0.2, -0.15) is 0 Å². The minimum Gasteiger partial charge on any atom is -0.338 e. The molecule has 2 bridgehead atoms. The normalized spacial score (nSPS) is 22.8. The third-order valence-electron chi connectivity index (χ3n) is 11.1. The third kappa shape index (κ3) is 5.81. The van der Waals surface area contributed by atoms with Gasteiger partial charge in [0.1, 0.15) is 28.2 Å². The maximum Gasteiger partial charge on any atom is 0.256 e. The molecule has 254 valence electrons. The summed E-state index contributed by atoms with van der Waals surface area (Å²) < 4.78 is 72.9. The zero-order chi connectivity index (χ0) is 33.8. The molecule has 3 aliphatic rings. The number of nitrogens with zero attached hydrogens (tertiary/aromatic N) is 4. The number of fused-ring (bicyclic) bond motifs is 3. The topological polar surface area (TPSA) is 87.5 Å². The molecule has 3 aliphatic heterocycles. The van der Waals surface area contributed by atoms with E-state index in [0.717, 1.165) is 68.7 Å². The first-order chi connectivity index (χ1) is 23.0. The number of piperidine rings is 2. The van der Waals surface area contributed by atoms with Crippen molar-refractivity contribution in [2.75, 3.05) is 26.7 Å². The summed E-state index contributed by atoms with van der Waals surface area (Å²) in [5, 5.41) is 0. The SMILES string of the molecule is CNS(=O)(=O)c1cc(C(=O)N2CCC(CCN3C4CCC3CC(n3c(C)nc5ccccc53)C4)(c3cccc(F)c3)CC2)c(F)cc1F. The van der Waals surface area contributed by atoms with E-state index in [4.69, 9.17) is 4.98 Å². The first-order valence-corrected chi connectivity index (χ1v) is 18.2. The fourth-order valence-corrected chi connectivity index (χ4v) is 9.42. The van der Waals surface area contributed by atoms with Crippen LogP contribution in [-0.4, -0.2) is 72.4 Å². The lowest BCUT2D eigenvalue weighted by Crippen LogP contribution is -2.49. The van der Waals surface area contributed by atoms with Gasteiger partial charge in [-0.05, 0) is 107 Å². The van der Waals surface area contributed by atoms with Crippen molar-refractivity contribution >= 4 is 27.0 Å². The van der Waals surface area contributed by atoms with Crippen molar-refractivity contribution in [2.24, 2.45) is 0 Å². The maximum absolute atomic E-state index is 14.9. The standard InChI is InChI=1S/C36H40F3N5O3S/c1-23-41-32-8-3-4-9-33(32)44(23)28-19-26-10-11-27(20-28)43(26)17-14-36(24-6-5-7-25(37)18-24)12-15-42(16-13-36)35(45)29-21-34(48(46,47)40-2)31(39)22-30(29)38/h3-9,18,21-22,26-28,40H,10-17,19-20H2,1-2H3. The molecule has 2 atom stereocenters. The Labute approximate surface area is 279 Å². The second-order valence-corrected chi connectivity index (χ2v) is 15.4. The van der Waals surface area contributed by atoms with Gasteiger partial charge in [-0.3, -0.25) is 9.69 Å². The number of hydrogen-bond donors (Lipinski definition) is 1. The summed E-state index contributed by atoms with van der Waals surface area (Å²) >= 11 is 0. The van der Waals surface area contributed by atoms with Crippen molar-refractivity contribution < 1.29 is 26.4 Å². The van der Waals surface area contributed by atoms with Crippen LogP contribution in [-0.2, 0) is 15.4 Å². The van der Waals surface area contributed by atoms with E-state index in [2.05, 4.69) is 34.6 Å². The van der Waals surface area contributed by atoms with E-state index in [-0.39, 0.29) is 18.9 Å². The molecule has 3 aromatic carbocycles. The predicted molar refractivity (Wildman–Crippen MR) is 177 cm³/mol. The molecule has 0 radical (unpaired) electrons. The molecule has 0 saturated carbocycles. The number of amides is 1. The fraction of sp³-hybridized carbons (Fsp3) is 0.444. The molecule has 4 aromatic rings. The molecule has 8 nitrogen and oxygen atoms in total. The average Bonchev–Trinajstić information content (AvgIpc) is 3.53. The monoisotopic (exact) mass is 679 g/mol. The number of benzene rings is 3. The Morgan fingerprint density at radius 1 is 0.938 bits per heavy atom. The Kier molecular flexibility index (Phi) is 8.62. The summed E-state index contributed by atoms with van der Waals surface area (Å²) in [4.78, 5) is 21.7. The molecule has 0 spiro atoms. The van der Waals surface area contributed by atoms with Crippen LogP contribution in [0, 0.1) is 24.4 Å². The van der Waals surface area contributed by atoms with Crippen LogP contribution in [0.15, 0.2) is 65.6 Å². The van der Waals surface area contributed by atoms with Crippen LogP contribution in [0.5, 0.6) is 0 Å². The van der Waals surface area contributed by atoms with Crippen molar-refractivity contribution in [1.82, 2.24) is 24.1 Å². The van der Waals surface area contributed by atoms with E-state index in [1.165, 1.54) is 16.5 Å². The number of aromatic nitrogens is 2. The molecule has 1 amide bonds. The van der Waals surface area contributed by atoms with E-state index >= 15 is 0 Å². The van der Waals surface area contributed by atoms with Crippen LogP contribution < -0.4 is 4.72 Å². The molecule has 0 aliphatic carbocycles. The molecule has 7 rings (SSSR count). The molecule has 4 heterocycles. The molecule has 2 unspecified atom stereocenters. The molecule has 48 heavy (non-hydrogen) atoms. The van der Waals surface area contributed by atoms with E-state index in [9.17, 15) is 26.4 Å². The fourth-order valence-electron chi connectivity index (χ4n) is 8.61. The van der Waals surface area contributed by atoms with Gasteiger partial charge in [-0.1, -0.05) is 24.3 Å². The van der Waals surface area contributed by atoms with Crippen LogP contribution in [0.25, 0.3) is 11.0 Å². The first kappa shape index (κ1) is 32.8. The van der Waals surface area contributed by atoms with Crippen LogP contribution >= 0.6 is 0 Å². The number of aryl methyl sites for hydroxylation is 1. The summed E-state index contributed by atoms with van der Waals surface area (Å²) in [6.07, 6.45) is 6.19. The second-order valence-electron chi connectivity index (χ2n) is 13.6. The van der Waals surface area contributed by atoms with Gasteiger partial charge >= 0.3 is 0 Å². The quantitative estimate of drug-likeness (QED) is 0.243. The number of sulfonamides is 1. The van der Waals surface area contributed by atoms with Crippen LogP contribution in [0.1, 0.15) is 72.7 Å². The zero-order valence-corrected chi connectivity index (χ0v) is 27.9. The largest absolute Gasteiger partial charge is 0.338 e. The molecule has 12 heteroatoms. The van der Waals surface area contributed by atoms with Crippen LogP contribution in [0.3, 0.4) is 0 Å². The highest BCUT2D eigenvalue weighted by Crippen LogP contribution is 2.45. The van der Waals surface area contributed by atoms with Gasteiger partial charge in [0.25, 0.3) is 5.91 Å². The number of imidazole rings is 1. The Balaban J connectivity index is 1.09. The van der Waals surface area contributed by atoms with Crippen molar-refractivity contribution in [2.45, 2.75) is 80.3 Å². The number of carbonyl (C=O) groups is 1. The zero-order valence-electron chi connectivity index (χ0n) is 27.1. The van der Waals surface area contributed by atoms with Crippen LogP contribution in [0.4, 0.5) is 13.2 Å². The number of hydrogen-bond acceptors (Lipinski definition) is 5. The van der Waals surface area contributed by atoms with Crippen LogP contribution in [0.2, 0.25) is 0 Å². The summed E-state index contributed by atoms with van der Waals surface area (Å²) in [5.74, 6) is -2.36. The third-order valence-corrected chi connectivity index (χ3v) is 12.5. The highest BCUT2D eigenvalue weighted by molar-refractivity contribution is 7.89. The summed E-state index contributed by atoms with van der Waals surface area (Å²) in [7, 11) is -3.13.